The van der Waals surface area contributed by atoms with E-state index in [1.54, 1.807) is 12.1 Å². The summed E-state index contributed by atoms with van der Waals surface area (Å²) in [7, 11) is 0. The van der Waals surface area contributed by atoms with Crippen molar-refractivity contribution in [3.63, 3.8) is 0 Å². The third-order valence-electron chi connectivity index (χ3n) is 4.15. The minimum atomic E-state index is -2.49. The van der Waals surface area contributed by atoms with Crippen LogP contribution < -0.4 is 5.32 Å². The number of aliphatic carboxylic acids is 1. The summed E-state index contributed by atoms with van der Waals surface area (Å²) in [6.07, 6.45) is -0.291. The average molecular weight is 311 g/mol. The van der Waals surface area contributed by atoms with E-state index in [1.165, 1.54) is 12.1 Å². The number of carboxylic acid groups (broad SMARTS) is 1. The number of carbonyl (C=O) groups is 2. The van der Waals surface area contributed by atoms with Crippen molar-refractivity contribution in [2.75, 3.05) is 0 Å². The van der Waals surface area contributed by atoms with E-state index in [2.05, 4.69) is 5.32 Å². The van der Waals surface area contributed by atoms with Gasteiger partial charge in [-0.15, -0.1) is 0 Å². The lowest BCUT2D eigenvalue weighted by Gasteiger charge is -2.25. The van der Waals surface area contributed by atoms with Crippen LogP contribution in [0.3, 0.4) is 0 Å². The average Bonchev–Trinajstić information content (AvgIpc) is 2.53. The van der Waals surface area contributed by atoms with Gasteiger partial charge < -0.3 is 10.4 Å². The highest BCUT2D eigenvalue weighted by molar-refractivity contribution is 5.79. The molecule has 0 radical (unpaired) electrons. The maximum atomic E-state index is 12.4. The molecule has 0 bridgehead atoms. The molecule has 0 unspecified atom stereocenters. The second-order valence-electron chi connectivity index (χ2n) is 5.65. The van der Waals surface area contributed by atoms with Gasteiger partial charge in [-0.05, 0) is 31.2 Å². The lowest BCUT2D eigenvalue weighted by molar-refractivity contribution is -0.144. The molecule has 0 heterocycles. The molecular formula is C16H19F2NO3. The Morgan fingerprint density at radius 3 is 2.14 bits per heavy atom. The molecule has 0 aliphatic heterocycles. The third kappa shape index (κ3) is 4.26. The third-order valence-corrected chi connectivity index (χ3v) is 4.15. The van der Waals surface area contributed by atoms with E-state index in [0.29, 0.717) is 32.2 Å². The van der Waals surface area contributed by atoms with Crippen molar-refractivity contribution in [2.45, 2.75) is 38.7 Å². The Labute approximate surface area is 127 Å². The molecule has 2 rings (SSSR count). The Morgan fingerprint density at radius 2 is 1.64 bits per heavy atom. The van der Waals surface area contributed by atoms with Crippen LogP contribution in [0.2, 0.25) is 0 Å². The van der Waals surface area contributed by atoms with Crippen LogP contribution in [-0.4, -0.2) is 17.0 Å². The molecule has 2 N–H and O–H groups in total. The van der Waals surface area contributed by atoms with E-state index in [1.807, 2.05) is 0 Å². The second-order valence-corrected chi connectivity index (χ2v) is 5.65. The van der Waals surface area contributed by atoms with Gasteiger partial charge in [0, 0.05) is 18.0 Å². The van der Waals surface area contributed by atoms with Crippen molar-refractivity contribution in [1.82, 2.24) is 5.32 Å². The van der Waals surface area contributed by atoms with Gasteiger partial charge >= 0.3 is 5.97 Å². The summed E-state index contributed by atoms with van der Waals surface area (Å²) in [5.41, 5.74) is 0.721. The first-order valence-corrected chi connectivity index (χ1v) is 7.35. The van der Waals surface area contributed by atoms with E-state index >= 15 is 0 Å². The zero-order valence-electron chi connectivity index (χ0n) is 12.1. The zero-order valence-corrected chi connectivity index (χ0v) is 12.1. The van der Waals surface area contributed by atoms with Crippen molar-refractivity contribution in [2.24, 2.45) is 11.8 Å². The number of alkyl halides is 2. The fourth-order valence-corrected chi connectivity index (χ4v) is 2.72. The fraction of sp³-hybridized carbons (Fsp3) is 0.500. The predicted octanol–water partition coefficient (Wildman–Crippen LogP) is 3.13. The molecule has 0 spiro atoms. The minimum Gasteiger partial charge on any atom is -0.481 e. The summed E-state index contributed by atoms with van der Waals surface area (Å²) in [5, 5.41) is 11.7. The number of hydrogen-bond donors (Lipinski definition) is 2. The summed E-state index contributed by atoms with van der Waals surface area (Å²) in [6, 6.07) is 5.85. The van der Waals surface area contributed by atoms with E-state index in [-0.39, 0.29) is 23.3 Å². The van der Waals surface area contributed by atoms with E-state index < -0.39 is 12.4 Å². The molecule has 0 atom stereocenters. The standard InChI is InChI=1S/C16H19F2NO3/c17-14(18)11-3-1-10(2-4-11)9-19-15(20)12-5-7-13(8-6-12)16(21)22/h1-4,12-14H,5-9H2,(H,19,20)(H,21,22). The summed E-state index contributed by atoms with van der Waals surface area (Å²) >= 11 is 0. The lowest BCUT2D eigenvalue weighted by Crippen LogP contribution is -2.34. The summed E-state index contributed by atoms with van der Waals surface area (Å²) < 4.78 is 24.9. The fourth-order valence-electron chi connectivity index (χ4n) is 2.72. The van der Waals surface area contributed by atoms with Crippen LogP contribution in [0.5, 0.6) is 0 Å². The quantitative estimate of drug-likeness (QED) is 0.878. The molecule has 0 saturated heterocycles. The molecule has 1 saturated carbocycles. The van der Waals surface area contributed by atoms with Crippen LogP contribution in [0, 0.1) is 11.8 Å². The molecule has 1 fully saturated rings. The molecule has 4 nitrogen and oxygen atoms in total. The zero-order chi connectivity index (χ0) is 16.1. The summed E-state index contributed by atoms with van der Waals surface area (Å²) in [5.74, 6) is -1.39. The first-order chi connectivity index (χ1) is 10.5. The molecule has 1 aromatic carbocycles. The highest BCUT2D eigenvalue weighted by Crippen LogP contribution is 2.29. The molecule has 22 heavy (non-hydrogen) atoms. The largest absolute Gasteiger partial charge is 0.481 e. The van der Waals surface area contributed by atoms with E-state index in [0.717, 1.165) is 5.56 Å². The topological polar surface area (TPSA) is 66.4 Å². The van der Waals surface area contributed by atoms with Crippen LogP contribution in [-0.2, 0) is 16.1 Å². The van der Waals surface area contributed by atoms with Crippen molar-refractivity contribution in [1.29, 1.82) is 0 Å². The van der Waals surface area contributed by atoms with Crippen LogP contribution in [0.4, 0.5) is 8.78 Å². The highest BCUT2D eigenvalue weighted by atomic mass is 19.3. The number of rotatable bonds is 5. The molecule has 0 aromatic heterocycles. The predicted molar refractivity (Wildman–Crippen MR) is 76.3 cm³/mol. The number of nitrogens with one attached hydrogen (secondary N) is 1. The minimum absolute atomic E-state index is 0.0398. The molecule has 1 aliphatic carbocycles. The lowest BCUT2D eigenvalue weighted by atomic mass is 9.81. The summed E-state index contributed by atoms with van der Waals surface area (Å²) in [6.45, 7) is 0.293. The van der Waals surface area contributed by atoms with Gasteiger partial charge in [0.05, 0.1) is 5.92 Å². The Morgan fingerprint density at radius 1 is 1.09 bits per heavy atom. The van der Waals surface area contributed by atoms with Crippen molar-refractivity contribution < 1.29 is 23.5 Å². The Bertz CT molecular complexity index is 523. The molecule has 6 heteroatoms. The van der Waals surface area contributed by atoms with Crippen LogP contribution in [0.1, 0.15) is 43.2 Å². The maximum Gasteiger partial charge on any atom is 0.306 e. The normalized spacial score (nSPS) is 21.6. The van der Waals surface area contributed by atoms with E-state index in [9.17, 15) is 18.4 Å². The van der Waals surface area contributed by atoms with Gasteiger partial charge in [-0.25, -0.2) is 8.78 Å². The molecule has 1 aromatic rings. The van der Waals surface area contributed by atoms with Gasteiger partial charge in [-0.1, -0.05) is 24.3 Å². The summed E-state index contributed by atoms with van der Waals surface area (Å²) in [4.78, 5) is 22.9. The van der Waals surface area contributed by atoms with Crippen molar-refractivity contribution >= 4 is 11.9 Å². The number of halogens is 2. The molecule has 1 amide bonds. The van der Waals surface area contributed by atoms with Gasteiger partial charge in [0.15, 0.2) is 0 Å². The van der Waals surface area contributed by atoms with Gasteiger partial charge in [0.2, 0.25) is 5.91 Å². The van der Waals surface area contributed by atoms with Gasteiger partial charge in [0.25, 0.3) is 6.43 Å². The van der Waals surface area contributed by atoms with Gasteiger partial charge in [-0.2, -0.15) is 0 Å². The molecular weight excluding hydrogens is 292 g/mol. The number of hydrogen-bond acceptors (Lipinski definition) is 2. The highest BCUT2D eigenvalue weighted by Gasteiger charge is 2.29. The first-order valence-electron chi connectivity index (χ1n) is 7.35. The number of benzene rings is 1. The number of amides is 1. The van der Waals surface area contributed by atoms with Crippen LogP contribution in [0.25, 0.3) is 0 Å². The maximum absolute atomic E-state index is 12.4. The van der Waals surface area contributed by atoms with Crippen LogP contribution >= 0.6 is 0 Å². The molecule has 1 aliphatic rings. The monoisotopic (exact) mass is 311 g/mol. The number of carboxylic acids is 1. The Balaban J connectivity index is 1.79. The first kappa shape index (κ1) is 16.4. The van der Waals surface area contributed by atoms with Crippen molar-refractivity contribution in [3.8, 4) is 0 Å². The van der Waals surface area contributed by atoms with Crippen LogP contribution in [0.15, 0.2) is 24.3 Å². The van der Waals surface area contributed by atoms with Crippen molar-refractivity contribution in [3.05, 3.63) is 35.4 Å². The SMILES string of the molecule is O=C(O)C1CCC(C(=O)NCc2ccc(C(F)F)cc2)CC1. The molecule has 120 valence electrons. The number of carbonyl (C=O) groups excluding carboxylic acids is 1. The van der Waals surface area contributed by atoms with E-state index in [4.69, 9.17) is 5.11 Å². The Hall–Kier alpha value is -1.98. The van der Waals surface area contributed by atoms with Gasteiger partial charge in [0.1, 0.15) is 0 Å². The second kappa shape index (κ2) is 7.33. The Kier molecular flexibility index (Phi) is 5.46. The smallest absolute Gasteiger partial charge is 0.306 e. The van der Waals surface area contributed by atoms with Gasteiger partial charge in [-0.3, -0.25) is 9.59 Å².